The molecule has 0 amide bonds. The van der Waals surface area contributed by atoms with Gasteiger partial charge in [-0.15, -0.1) is 0 Å². The summed E-state index contributed by atoms with van der Waals surface area (Å²) in [6, 6.07) is 7.84. The zero-order chi connectivity index (χ0) is 22.3. The molecule has 0 saturated heterocycles. The summed E-state index contributed by atoms with van der Waals surface area (Å²) in [5.41, 5.74) is 3.33. The third-order valence-electron chi connectivity index (χ3n) is 4.68. The molecule has 0 aliphatic rings. The summed E-state index contributed by atoms with van der Waals surface area (Å²) in [7, 11) is 0. The minimum absolute atomic E-state index is 0.0181. The van der Waals surface area contributed by atoms with Gasteiger partial charge in [-0.25, -0.2) is 0 Å². The van der Waals surface area contributed by atoms with Crippen LogP contribution < -0.4 is 0 Å². The van der Waals surface area contributed by atoms with E-state index in [1.807, 2.05) is 13.0 Å². The highest BCUT2D eigenvalue weighted by Gasteiger charge is 2.29. The molecule has 2 nitrogen and oxygen atoms in total. The predicted molar refractivity (Wildman–Crippen MR) is 116 cm³/mol. The monoisotopic (exact) mass is 416 g/mol. The minimum atomic E-state index is -4.37. The summed E-state index contributed by atoms with van der Waals surface area (Å²) < 4.78 is 37.9. The Morgan fingerprint density at radius 2 is 1.43 bits per heavy atom. The first kappa shape index (κ1) is 23.3. The maximum absolute atomic E-state index is 12.6. The van der Waals surface area contributed by atoms with E-state index in [2.05, 4.69) is 19.9 Å². The van der Waals surface area contributed by atoms with Gasteiger partial charge in [-0.05, 0) is 75.4 Å². The first-order valence-electron chi connectivity index (χ1n) is 9.75. The van der Waals surface area contributed by atoms with Crippen LogP contribution in [0.4, 0.5) is 13.2 Å². The lowest BCUT2D eigenvalue weighted by Gasteiger charge is -2.08. The van der Waals surface area contributed by atoms with E-state index in [1.165, 1.54) is 35.4 Å². The Labute approximate surface area is 175 Å². The van der Waals surface area contributed by atoms with Gasteiger partial charge in [0.15, 0.2) is 0 Å². The summed E-state index contributed by atoms with van der Waals surface area (Å²) in [4.78, 5) is 0. The third-order valence-corrected chi connectivity index (χ3v) is 4.68. The molecule has 0 spiro atoms. The lowest BCUT2D eigenvalue weighted by atomic mass is 10.0. The standard InChI is InChI=1S/C25H27F3O2/c1-17(2)5-4-6-18(3)7-14-22-23(29)15-20(16-24(22)30)9-8-19-10-12-21(13-11-19)25(26,27)28/h5,7-13,15-16,29-30H,4,6,14H2,1-3H3/b9-8-,18-7+. The summed E-state index contributed by atoms with van der Waals surface area (Å²) in [6.45, 7) is 6.14. The van der Waals surface area contributed by atoms with Gasteiger partial charge in [0.2, 0.25) is 0 Å². The number of phenolic OH excluding ortho intramolecular Hbond substituents is 2. The minimum Gasteiger partial charge on any atom is -0.507 e. The van der Waals surface area contributed by atoms with Crippen molar-refractivity contribution in [2.24, 2.45) is 0 Å². The van der Waals surface area contributed by atoms with Crippen LogP contribution in [-0.2, 0) is 12.6 Å². The fourth-order valence-corrected chi connectivity index (χ4v) is 2.91. The van der Waals surface area contributed by atoms with E-state index in [1.54, 1.807) is 12.2 Å². The molecule has 160 valence electrons. The Morgan fingerprint density at radius 1 is 0.867 bits per heavy atom. The summed E-state index contributed by atoms with van der Waals surface area (Å²) in [5, 5.41) is 20.6. The molecule has 2 rings (SSSR count). The number of rotatable bonds is 7. The topological polar surface area (TPSA) is 40.5 Å². The summed E-state index contributed by atoms with van der Waals surface area (Å²) >= 11 is 0. The maximum atomic E-state index is 12.6. The van der Waals surface area contributed by atoms with Crippen molar-refractivity contribution in [1.29, 1.82) is 0 Å². The average Bonchev–Trinajstić information content (AvgIpc) is 2.65. The van der Waals surface area contributed by atoms with E-state index >= 15 is 0 Å². The van der Waals surface area contributed by atoms with Crippen molar-refractivity contribution in [3.05, 3.63) is 82.0 Å². The smallest absolute Gasteiger partial charge is 0.416 e. The van der Waals surface area contributed by atoms with Gasteiger partial charge >= 0.3 is 6.18 Å². The van der Waals surface area contributed by atoms with Gasteiger partial charge in [0, 0.05) is 5.56 Å². The molecule has 30 heavy (non-hydrogen) atoms. The van der Waals surface area contributed by atoms with Gasteiger partial charge in [0.1, 0.15) is 11.5 Å². The number of halogens is 3. The molecule has 0 aliphatic heterocycles. The number of benzene rings is 2. The van der Waals surface area contributed by atoms with Crippen molar-refractivity contribution in [2.75, 3.05) is 0 Å². The molecule has 0 bridgehead atoms. The second kappa shape index (κ2) is 10.2. The predicted octanol–water partition coefficient (Wildman–Crippen LogP) is 7.52. The molecule has 2 aromatic rings. The van der Waals surface area contributed by atoms with Gasteiger partial charge in [-0.1, -0.05) is 47.6 Å². The number of hydrogen-bond donors (Lipinski definition) is 2. The normalized spacial score (nSPS) is 12.4. The molecule has 0 unspecified atom stereocenters. The Balaban J connectivity index is 2.08. The van der Waals surface area contributed by atoms with E-state index in [0.29, 0.717) is 23.1 Å². The molecule has 0 aliphatic carbocycles. The lowest BCUT2D eigenvalue weighted by Crippen LogP contribution is -2.03. The van der Waals surface area contributed by atoms with Crippen LogP contribution in [0.1, 0.15) is 55.9 Å². The van der Waals surface area contributed by atoms with E-state index in [9.17, 15) is 23.4 Å². The van der Waals surface area contributed by atoms with Gasteiger partial charge in [0.05, 0.1) is 5.56 Å². The molecule has 0 fully saturated rings. The van der Waals surface area contributed by atoms with Crippen LogP contribution in [0.15, 0.2) is 59.7 Å². The van der Waals surface area contributed by atoms with Crippen LogP contribution in [0, 0.1) is 0 Å². The quantitative estimate of drug-likeness (QED) is 0.362. The highest BCUT2D eigenvalue weighted by molar-refractivity contribution is 5.71. The number of phenols is 2. The largest absolute Gasteiger partial charge is 0.507 e. The van der Waals surface area contributed by atoms with Crippen molar-refractivity contribution in [3.8, 4) is 11.5 Å². The van der Waals surface area contributed by atoms with E-state index in [0.717, 1.165) is 25.0 Å². The van der Waals surface area contributed by atoms with Crippen LogP contribution in [0.25, 0.3) is 12.2 Å². The highest BCUT2D eigenvalue weighted by atomic mass is 19.4. The molecule has 0 radical (unpaired) electrons. The van der Waals surface area contributed by atoms with Crippen LogP contribution >= 0.6 is 0 Å². The SMILES string of the molecule is CC(C)=CCC/C(C)=C/Cc1c(O)cc(/C=C\c2ccc(C(F)(F)F)cc2)cc1O. The van der Waals surface area contributed by atoms with Crippen LogP contribution in [0.5, 0.6) is 11.5 Å². The van der Waals surface area contributed by atoms with Crippen molar-refractivity contribution in [3.63, 3.8) is 0 Å². The van der Waals surface area contributed by atoms with E-state index in [-0.39, 0.29) is 11.5 Å². The Bertz CT molecular complexity index is 922. The highest BCUT2D eigenvalue weighted by Crippen LogP contribution is 2.32. The number of hydrogen-bond acceptors (Lipinski definition) is 2. The fourth-order valence-electron chi connectivity index (χ4n) is 2.91. The molecule has 0 atom stereocenters. The van der Waals surface area contributed by atoms with Gasteiger partial charge in [-0.3, -0.25) is 0 Å². The summed E-state index contributed by atoms with van der Waals surface area (Å²) in [5.74, 6) is -0.0363. The number of allylic oxidation sites excluding steroid dienone is 4. The average molecular weight is 416 g/mol. The van der Waals surface area contributed by atoms with Gasteiger partial charge < -0.3 is 10.2 Å². The zero-order valence-electron chi connectivity index (χ0n) is 17.4. The van der Waals surface area contributed by atoms with Crippen molar-refractivity contribution in [1.82, 2.24) is 0 Å². The molecule has 0 heterocycles. The van der Waals surface area contributed by atoms with Crippen LogP contribution in [0.3, 0.4) is 0 Å². The zero-order valence-corrected chi connectivity index (χ0v) is 17.4. The van der Waals surface area contributed by atoms with Gasteiger partial charge in [0.25, 0.3) is 0 Å². The fraction of sp³-hybridized carbons (Fsp3) is 0.280. The second-order valence-corrected chi connectivity index (χ2v) is 7.57. The molecule has 5 heteroatoms. The number of alkyl halides is 3. The Morgan fingerprint density at radius 3 is 1.97 bits per heavy atom. The van der Waals surface area contributed by atoms with Crippen molar-refractivity contribution in [2.45, 2.75) is 46.2 Å². The van der Waals surface area contributed by atoms with Crippen LogP contribution in [-0.4, -0.2) is 10.2 Å². The van der Waals surface area contributed by atoms with Gasteiger partial charge in [-0.2, -0.15) is 13.2 Å². The lowest BCUT2D eigenvalue weighted by molar-refractivity contribution is -0.137. The maximum Gasteiger partial charge on any atom is 0.416 e. The Hall–Kier alpha value is -2.95. The van der Waals surface area contributed by atoms with E-state index < -0.39 is 11.7 Å². The Kier molecular flexibility index (Phi) is 7.93. The molecular weight excluding hydrogens is 389 g/mol. The molecule has 2 aromatic carbocycles. The number of aromatic hydroxyl groups is 2. The second-order valence-electron chi connectivity index (χ2n) is 7.57. The van der Waals surface area contributed by atoms with Crippen molar-refractivity contribution < 1.29 is 23.4 Å². The van der Waals surface area contributed by atoms with E-state index in [4.69, 9.17) is 0 Å². The first-order chi connectivity index (χ1) is 14.1. The molecule has 2 N–H and O–H groups in total. The first-order valence-corrected chi connectivity index (χ1v) is 9.75. The van der Waals surface area contributed by atoms with Crippen LogP contribution in [0.2, 0.25) is 0 Å². The molecule has 0 aromatic heterocycles. The van der Waals surface area contributed by atoms with Crippen molar-refractivity contribution >= 4 is 12.2 Å². The third kappa shape index (κ3) is 7.14. The molecular formula is C25H27F3O2. The molecule has 0 saturated carbocycles. The summed E-state index contributed by atoms with van der Waals surface area (Å²) in [6.07, 6.45) is 5.34.